The van der Waals surface area contributed by atoms with Gasteiger partial charge in [0, 0.05) is 0 Å². The Morgan fingerprint density at radius 1 is 0.326 bits per heavy atom. The SMILES string of the molecule is CC(C)C(C)C.CC(C)C1CC1.CC(C)C1CCC1.CC(C)C1CCCC1.CC(C)C1CCCCC1.CCC(C)C(C)C. The molecule has 0 spiro atoms. The first kappa shape index (κ1) is 45.1. The molecular weight excluding hydrogens is 516 g/mol. The van der Waals surface area contributed by atoms with E-state index in [-0.39, 0.29) is 0 Å². The van der Waals surface area contributed by atoms with Gasteiger partial charge in [-0.05, 0) is 83.9 Å². The molecule has 0 N–H and O–H groups in total. The van der Waals surface area contributed by atoms with Crippen LogP contribution in [0.4, 0.5) is 0 Å². The Hall–Kier alpha value is 0. The summed E-state index contributed by atoms with van der Waals surface area (Å²) in [5.41, 5.74) is 0. The normalized spacial score (nSPS) is 19.9. The van der Waals surface area contributed by atoms with E-state index in [4.69, 9.17) is 0 Å². The van der Waals surface area contributed by atoms with E-state index < -0.39 is 0 Å². The molecule has 4 saturated carbocycles. The van der Waals surface area contributed by atoms with E-state index >= 15 is 0 Å². The highest BCUT2D eigenvalue weighted by molar-refractivity contribution is 4.75. The van der Waals surface area contributed by atoms with Gasteiger partial charge in [-0.2, -0.15) is 0 Å². The quantitative estimate of drug-likeness (QED) is 0.270. The minimum atomic E-state index is 0.852. The standard InChI is InChI=1S/C9H18.C8H16.C7H14.C7H16.C6H12.C6H14/c1-8(2)9-6-4-3-5-7-9;1-7(2)8-5-3-4-6-8;1-6(2)7-4-3-5-7;1-5-7(4)6(2)3;1-5(2)6-3-4-6;1-5(2)6(3)4/h8-9H,3-7H2,1-2H3;7-8H,3-6H2,1-2H3;6-7H,3-5H2,1-2H3;6-7H,5H2,1-4H3;5-6H,3-4H2,1-2H3;5-6H,1-4H3. The summed E-state index contributed by atoms with van der Waals surface area (Å²) in [6.45, 7) is 36.7. The summed E-state index contributed by atoms with van der Waals surface area (Å²) in [4.78, 5) is 0. The topological polar surface area (TPSA) is 0 Å². The largest absolute Gasteiger partial charge is 0.0651 e. The van der Waals surface area contributed by atoms with Crippen molar-refractivity contribution in [2.45, 2.75) is 207 Å². The lowest BCUT2D eigenvalue weighted by atomic mass is 9.78. The molecule has 0 aromatic carbocycles. The van der Waals surface area contributed by atoms with E-state index in [1.807, 2.05) is 0 Å². The van der Waals surface area contributed by atoms with Crippen molar-refractivity contribution in [1.82, 2.24) is 0 Å². The molecule has 0 saturated heterocycles. The second kappa shape index (κ2) is 27.1. The summed E-state index contributed by atoms with van der Waals surface area (Å²) in [5, 5.41) is 0. The molecule has 4 aliphatic rings. The van der Waals surface area contributed by atoms with Gasteiger partial charge in [0.05, 0.1) is 0 Å². The lowest BCUT2D eigenvalue weighted by Crippen LogP contribution is -2.16. The van der Waals surface area contributed by atoms with Crippen LogP contribution in [0.1, 0.15) is 207 Å². The molecule has 262 valence electrons. The van der Waals surface area contributed by atoms with Crippen molar-refractivity contribution in [3.05, 3.63) is 0 Å². The van der Waals surface area contributed by atoms with Crippen LogP contribution in [-0.2, 0) is 0 Å². The summed E-state index contributed by atoms with van der Waals surface area (Å²) in [6.07, 6.45) is 22.2. The zero-order valence-electron chi connectivity index (χ0n) is 33.5. The minimum Gasteiger partial charge on any atom is -0.0651 e. The van der Waals surface area contributed by atoms with Gasteiger partial charge in [-0.1, -0.05) is 194 Å². The summed E-state index contributed by atoms with van der Waals surface area (Å²) in [7, 11) is 0. The Bertz CT molecular complexity index is 522. The summed E-state index contributed by atoms with van der Waals surface area (Å²) >= 11 is 0. The van der Waals surface area contributed by atoms with E-state index in [0.29, 0.717) is 0 Å². The van der Waals surface area contributed by atoms with Crippen LogP contribution in [0, 0.1) is 71.0 Å². The first-order chi connectivity index (χ1) is 20.0. The number of rotatable bonds is 7. The molecule has 4 fully saturated rings. The van der Waals surface area contributed by atoms with Gasteiger partial charge in [-0.15, -0.1) is 0 Å². The highest BCUT2D eigenvalue weighted by Crippen LogP contribution is 2.36. The van der Waals surface area contributed by atoms with Crippen LogP contribution >= 0.6 is 0 Å². The first-order valence-corrected chi connectivity index (χ1v) is 20.0. The van der Waals surface area contributed by atoms with Crippen molar-refractivity contribution in [1.29, 1.82) is 0 Å². The molecule has 0 heteroatoms. The minimum absolute atomic E-state index is 0.852. The Labute approximate surface area is 277 Å². The van der Waals surface area contributed by atoms with Crippen molar-refractivity contribution >= 4 is 0 Å². The van der Waals surface area contributed by atoms with Crippen LogP contribution in [0.2, 0.25) is 0 Å². The average Bonchev–Trinajstić information content (AvgIpc) is 3.63. The lowest BCUT2D eigenvalue weighted by Gasteiger charge is -2.28. The molecule has 1 unspecified atom stereocenters. The van der Waals surface area contributed by atoms with Crippen molar-refractivity contribution in [2.75, 3.05) is 0 Å². The molecule has 0 bridgehead atoms. The monoisotopic (exact) mass is 607 g/mol. The molecule has 4 rings (SSSR count). The molecule has 43 heavy (non-hydrogen) atoms. The molecular formula is C43H90. The molecule has 0 heterocycles. The van der Waals surface area contributed by atoms with Crippen LogP contribution in [0.25, 0.3) is 0 Å². The zero-order valence-corrected chi connectivity index (χ0v) is 33.5. The summed E-state index contributed by atoms with van der Waals surface area (Å²) in [6, 6.07) is 0. The molecule has 0 radical (unpaired) electrons. The van der Waals surface area contributed by atoms with E-state index in [2.05, 4.69) is 111 Å². The molecule has 0 aliphatic heterocycles. The lowest BCUT2D eigenvalue weighted by molar-refractivity contribution is 0.235. The van der Waals surface area contributed by atoms with Gasteiger partial charge >= 0.3 is 0 Å². The highest BCUT2D eigenvalue weighted by atomic mass is 14.3. The van der Waals surface area contributed by atoms with Gasteiger partial charge in [0.2, 0.25) is 0 Å². The van der Waals surface area contributed by atoms with Crippen LogP contribution in [0.15, 0.2) is 0 Å². The second-order valence-corrected chi connectivity index (χ2v) is 17.6. The maximum atomic E-state index is 2.36. The van der Waals surface area contributed by atoms with Crippen molar-refractivity contribution in [2.24, 2.45) is 71.0 Å². The van der Waals surface area contributed by atoms with Crippen LogP contribution in [0.5, 0.6) is 0 Å². The molecule has 0 aromatic heterocycles. The van der Waals surface area contributed by atoms with Crippen molar-refractivity contribution in [3.63, 3.8) is 0 Å². The Morgan fingerprint density at radius 2 is 0.581 bits per heavy atom. The van der Waals surface area contributed by atoms with E-state index in [9.17, 15) is 0 Å². The maximum absolute atomic E-state index is 2.36. The molecule has 0 aromatic rings. The fourth-order valence-electron chi connectivity index (χ4n) is 5.77. The van der Waals surface area contributed by atoms with Crippen LogP contribution in [-0.4, -0.2) is 0 Å². The highest BCUT2D eigenvalue weighted by Gasteiger charge is 2.24. The van der Waals surface area contributed by atoms with Crippen LogP contribution in [0.3, 0.4) is 0 Å². The van der Waals surface area contributed by atoms with Gasteiger partial charge in [0.1, 0.15) is 0 Å². The van der Waals surface area contributed by atoms with Crippen molar-refractivity contribution < 1.29 is 0 Å². The number of hydrogen-bond donors (Lipinski definition) is 0. The van der Waals surface area contributed by atoms with E-state index in [1.165, 1.54) is 96.3 Å². The fraction of sp³-hybridized carbons (Fsp3) is 1.00. The van der Waals surface area contributed by atoms with Gasteiger partial charge in [0.25, 0.3) is 0 Å². The predicted molar refractivity (Wildman–Crippen MR) is 202 cm³/mol. The Kier molecular flexibility index (Phi) is 28.5. The van der Waals surface area contributed by atoms with E-state index in [1.54, 1.807) is 0 Å². The molecule has 0 nitrogen and oxygen atoms in total. The smallest absolute Gasteiger partial charge is 0.0391 e. The Morgan fingerprint density at radius 3 is 0.674 bits per heavy atom. The predicted octanol–water partition coefficient (Wildman–Crippen LogP) is 15.5. The van der Waals surface area contributed by atoms with Gasteiger partial charge in [-0.3, -0.25) is 0 Å². The van der Waals surface area contributed by atoms with Gasteiger partial charge in [0.15, 0.2) is 0 Å². The third-order valence-corrected chi connectivity index (χ3v) is 11.7. The maximum Gasteiger partial charge on any atom is -0.0391 e. The molecule has 0 amide bonds. The molecule has 1 atom stereocenters. The van der Waals surface area contributed by atoms with Crippen molar-refractivity contribution in [3.8, 4) is 0 Å². The van der Waals surface area contributed by atoms with E-state index in [0.717, 1.165) is 71.0 Å². The van der Waals surface area contributed by atoms with Gasteiger partial charge in [-0.25, -0.2) is 0 Å². The zero-order chi connectivity index (χ0) is 33.5. The molecule has 4 aliphatic carbocycles. The third-order valence-electron chi connectivity index (χ3n) is 11.7. The Balaban J connectivity index is 0. The second-order valence-electron chi connectivity index (χ2n) is 17.6. The number of hydrogen-bond acceptors (Lipinski definition) is 0. The third kappa shape index (κ3) is 26.9. The van der Waals surface area contributed by atoms with Crippen LogP contribution < -0.4 is 0 Å². The average molecular weight is 607 g/mol. The first-order valence-electron chi connectivity index (χ1n) is 20.0. The summed E-state index contributed by atoms with van der Waals surface area (Å²) in [5.74, 6) is 11.6. The fourth-order valence-corrected chi connectivity index (χ4v) is 5.77. The summed E-state index contributed by atoms with van der Waals surface area (Å²) < 4.78 is 0. The van der Waals surface area contributed by atoms with Gasteiger partial charge < -0.3 is 0 Å².